The number of hydrogen-bond donors (Lipinski definition) is 1. The summed E-state index contributed by atoms with van der Waals surface area (Å²) in [6, 6.07) is 5.96. The number of methoxy groups -OCH3 is 1. The summed E-state index contributed by atoms with van der Waals surface area (Å²) >= 11 is 0. The summed E-state index contributed by atoms with van der Waals surface area (Å²) in [6.07, 6.45) is 0.821. The van der Waals surface area contributed by atoms with Crippen LogP contribution >= 0.6 is 0 Å². The molecular formula is C16H21FN2O3. The first-order chi connectivity index (χ1) is 10.5. The van der Waals surface area contributed by atoms with E-state index in [1.165, 1.54) is 12.1 Å². The molecule has 1 aromatic carbocycles. The Morgan fingerprint density at radius 3 is 2.73 bits per heavy atom. The highest BCUT2D eigenvalue weighted by atomic mass is 19.1. The topological polar surface area (TPSA) is 58.6 Å². The zero-order valence-electron chi connectivity index (χ0n) is 12.9. The first-order valence-corrected chi connectivity index (χ1v) is 7.29. The zero-order chi connectivity index (χ0) is 16.2. The molecule has 1 aromatic rings. The molecule has 0 spiro atoms. The van der Waals surface area contributed by atoms with Gasteiger partial charge in [0.25, 0.3) is 0 Å². The van der Waals surface area contributed by atoms with Crippen LogP contribution < -0.4 is 5.32 Å². The lowest BCUT2D eigenvalue weighted by molar-refractivity contribution is -0.141. The monoisotopic (exact) mass is 308 g/mol. The number of ether oxygens (including phenoxy) is 1. The maximum atomic E-state index is 13.0. The van der Waals surface area contributed by atoms with Crippen LogP contribution in [0.4, 0.5) is 4.39 Å². The van der Waals surface area contributed by atoms with Gasteiger partial charge in [0, 0.05) is 26.6 Å². The molecule has 1 fully saturated rings. The quantitative estimate of drug-likeness (QED) is 0.810. The molecule has 1 heterocycles. The normalized spacial score (nSPS) is 21.2. The number of hydrogen-bond acceptors (Lipinski definition) is 3. The molecule has 0 unspecified atom stereocenters. The standard InChI is InChI=1S/C16H21FN2O3/c1-16(15(21)18-9-10-22-2)8-7-14(20)19(16)11-12-3-5-13(17)6-4-12/h3-6H,7-11H2,1-2H3,(H,18,21)/t16-/m1/s1. The molecule has 2 amide bonds. The highest BCUT2D eigenvalue weighted by molar-refractivity contribution is 5.94. The molecule has 0 aliphatic carbocycles. The van der Waals surface area contributed by atoms with Gasteiger partial charge in [-0.15, -0.1) is 0 Å². The summed E-state index contributed by atoms with van der Waals surface area (Å²) in [5, 5.41) is 2.79. The molecule has 1 saturated heterocycles. The van der Waals surface area contributed by atoms with E-state index in [1.807, 2.05) is 0 Å². The third-order valence-electron chi connectivity index (χ3n) is 4.06. The summed E-state index contributed by atoms with van der Waals surface area (Å²) in [5.74, 6) is -0.567. The lowest BCUT2D eigenvalue weighted by Crippen LogP contribution is -2.54. The molecular weight excluding hydrogens is 287 g/mol. The summed E-state index contributed by atoms with van der Waals surface area (Å²) in [5.41, 5.74) is -0.0771. The predicted molar refractivity (Wildman–Crippen MR) is 79.5 cm³/mol. The Morgan fingerprint density at radius 1 is 1.41 bits per heavy atom. The molecule has 0 radical (unpaired) electrons. The summed E-state index contributed by atoms with van der Waals surface area (Å²) in [7, 11) is 1.56. The Balaban J connectivity index is 2.10. The zero-order valence-corrected chi connectivity index (χ0v) is 12.9. The molecule has 0 aromatic heterocycles. The fraction of sp³-hybridized carbons (Fsp3) is 0.500. The van der Waals surface area contributed by atoms with Crippen LogP contribution in [0.1, 0.15) is 25.3 Å². The minimum atomic E-state index is -0.876. The second-order valence-electron chi connectivity index (χ2n) is 5.63. The van der Waals surface area contributed by atoms with Crippen LogP contribution in [0.3, 0.4) is 0 Å². The van der Waals surface area contributed by atoms with Gasteiger partial charge in [-0.3, -0.25) is 9.59 Å². The average molecular weight is 308 g/mol. The van der Waals surface area contributed by atoms with Gasteiger partial charge in [-0.05, 0) is 31.0 Å². The van der Waals surface area contributed by atoms with Gasteiger partial charge in [-0.2, -0.15) is 0 Å². The van der Waals surface area contributed by atoms with E-state index in [4.69, 9.17) is 4.74 Å². The van der Waals surface area contributed by atoms with E-state index >= 15 is 0 Å². The molecule has 22 heavy (non-hydrogen) atoms. The van der Waals surface area contributed by atoms with E-state index < -0.39 is 5.54 Å². The smallest absolute Gasteiger partial charge is 0.245 e. The van der Waals surface area contributed by atoms with E-state index in [9.17, 15) is 14.0 Å². The predicted octanol–water partition coefficient (Wildman–Crippen LogP) is 1.47. The second-order valence-corrected chi connectivity index (χ2v) is 5.63. The van der Waals surface area contributed by atoms with Crippen LogP contribution in [0.25, 0.3) is 0 Å². The van der Waals surface area contributed by atoms with Gasteiger partial charge in [0.15, 0.2) is 0 Å². The van der Waals surface area contributed by atoms with Crippen molar-refractivity contribution in [2.45, 2.75) is 31.8 Å². The van der Waals surface area contributed by atoms with E-state index in [1.54, 1.807) is 31.1 Å². The fourth-order valence-electron chi connectivity index (χ4n) is 2.62. The third kappa shape index (κ3) is 3.44. The number of likely N-dealkylation sites (tertiary alicyclic amines) is 1. The molecule has 1 atom stereocenters. The van der Waals surface area contributed by atoms with E-state index in [0.717, 1.165) is 5.56 Å². The average Bonchev–Trinajstić information content (AvgIpc) is 2.79. The van der Waals surface area contributed by atoms with Crippen molar-refractivity contribution in [1.29, 1.82) is 0 Å². The first kappa shape index (κ1) is 16.4. The van der Waals surface area contributed by atoms with Gasteiger partial charge in [-0.1, -0.05) is 12.1 Å². The molecule has 1 aliphatic heterocycles. The van der Waals surface area contributed by atoms with Crippen molar-refractivity contribution in [3.8, 4) is 0 Å². The van der Waals surface area contributed by atoms with Crippen LogP contribution in [0.2, 0.25) is 0 Å². The van der Waals surface area contributed by atoms with Crippen molar-refractivity contribution < 1.29 is 18.7 Å². The molecule has 5 nitrogen and oxygen atoms in total. The summed E-state index contributed by atoms with van der Waals surface area (Å²) < 4.78 is 17.9. The number of amides is 2. The summed E-state index contributed by atoms with van der Waals surface area (Å²) in [4.78, 5) is 26.1. The fourth-order valence-corrected chi connectivity index (χ4v) is 2.62. The number of carbonyl (C=O) groups is 2. The minimum Gasteiger partial charge on any atom is -0.383 e. The number of carbonyl (C=O) groups excluding carboxylic acids is 2. The van der Waals surface area contributed by atoms with Crippen LogP contribution in [-0.4, -0.2) is 42.5 Å². The minimum absolute atomic E-state index is 0.0614. The molecule has 0 bridgehead atoms. The van der Waals surface area contributed by atoms with Crippen molar-refractivity contribution in [2.75, 3.05) is 20.3 Å². The third-order valence-corrected chi connectivity index (χ3v) is 4.06. The number of benzene rings is 1. The molecule has 6 heteroatoms. The number of rotatable bonds is 6. The highest BCUT2D eigenvalue weighted by Crippen LogP contribution is 2.31. The number of halogens is 1. The van der Waals surface area contributed by atoms with E-state index in [0.29, 0.717) is 32.5 Å². The molecule has 2 rings (SSSR count). The highest BCUT2D eigenvalue weighted by Gasteiger charge is 2.46. The van der Waals surface area contributed by atoms with E-state index in [-0.39, 0.29) is 17.6 Å². The molecule has 1 N–H and O–H groups in total. The van der Waals surface area contributed by atoms with Gasteiger partial charge in [0.2, 0.25) is 11.8 Å². The lowest BCUT2D eigenvalue weighted by atomic mass is 9.97. The van der Waals surface area contributed by atoms with Gasteiger partial charge in [0.1, 0.15) is 11.4 Å². The Labute approximate surface area is 129 Å². The van der Waals surface area contributed by atoms with Crippen LogP contribution in [0.15, 0.2) is 24.3 Å². The van der Waals surface area contributed by atoms with Gasteiger partial charge in [-0.25, -0.2) is 4.39 Å². The SMILES string of the molecule is COCCNC(=O)[C@@]1(C)CCC(=O)N1Cc1ccc(F)cc1. The van der Waals surface area contributed by atoms with Crippen molar-refractivity contribution in [3.05, 3.63) is 35.6 Å². The molecule has 120 valence electrons. The number of nitrogens with one attached hydrogen (secondary N) is 1. The van der Waals surface area contributed by atoms with Crippen molar-refractivity contribution in [2.24, 2.45) is 0 Å². The maximum Gasteiger partial charge on any atom is 0.245 e. The Hall–Kier alpha value is -1.95. The van der Waals surface area contributed by atoms with Crippen LogP contribution in [0.5, 0.6) is 0 Å². The van der Waals surface area contributed by atoms with Crippen molar-refractivity contribution in [3.63, 3.8) is 0 Å². The lowest BCUT2D eigenvalue weighted by Gasteiger charge is -2.34. The van der Waals surface area contributed by atoms with Crippen LogP contribution in [0, 0.1) is 5.82 Å². The van der Waals surface area contributed by atoms with Crippen molar-refractivity contribution in [1.82, 2.24) is 10.2 Å². The number of nitrogens with zero attached hydrogens (tertiary/aromatic N) is 1. The Kier molecular flexibility index (Phi) is 5.13. The van der Waals surface area contributed by atoms with E-state index in [2.05, 4.69) is 5.32 Å². The largest absolute Gasteiger partial charge is 0.383 e. The maximum absolute atomic E-state index is 13.0. The van der Waals surface area contributed by atoms with Gasteiger partial charge >= 0.3 is 0 Å². The Bertz CT molecular complexity index is 547. The Morgan fingerprint density at radius 2 is 2.09 bits per heavy atom. The van der Waals surface area contributed by atoms with Gasteiger partial charge in [0.05, 0.1) is 6.61 Å². The molecule has 0 saturated carbocycles. The molecule has 1 aliphatic rings. The van der Waals surface area contributed by atoms with Crippen molar-refractivity contribution >= 4 is 11.8 Å². The first-order valence-electron chi connectivity index (χ1n) is 7.29. The van der Waals surface area contributed by atoms with Gasteiger partial charge < -0.3 is 15.0 Å². The summed E-state index contributed by atoms with van der Waals surface area (Å²) in [6.45, 7) is 2.90. The van der Waals surface area contributed by atoms with Crippen LogP contribution in [-0.2, 0) is 20.9 Å². The second kappa shape index (κ2) is 6.87.